The van der Waals surface area contributed by atoms with Crippen molar-refractivity contribution in [3.63, 3.8) is 0 Å². The van der Waals surface area contributed by atoms with Crippen molar-refractivity contribution in [1.29, 1.82) is 0 Å². The van der Waals surface area contributed by atoms with Gasteiger partial charge in [-0.3, -0.25) is 0 Å². The summed E-state index contributed by atoms with van der Waals surface area (Å²) in [6.45, 7) is 5.29. The Morgan fingerprint density at radius 1 is 0.537 bits per heavy atom. The molecule has 0 bridgehead atoms. The molecule has 0 aliphatic carbocycles. The Hall–Kier alpha value is -6.75. The summed E-state index contributed by atoms with van der Waals surface area (Å²) in [4.78, 5) is 7.35. The van der Waals surface area contributed by atoms with Crippen LogP contribution in [0.25, 0.3) is 76.1 Å². The first-order valence-electron chi connectivity index (χ1n) is 18.3. The predicted molar refractivity (Wildman–Crippen MR) is 231 cm³/mol. The number of aromatic nitrogens is 2. The number of hydrogen-bond donors (Lipinski definition) is 0. The molecule has 2 aromatic heterocycles. The molecule has 3 nitrogen and oxygen atoms in total. The SMILES string of the molecule is C=C1/C=C\C=C/CN(c2cccc(-c3ccccc3)c2)c2ccc(-c3ccc4c(c3)c3ccccc3n4-c3cccc(-c4nc5ccccc5s4)c3)cc21. The molecule has 0 unspecified atom stereocenters. The van der Waals surface area contributed by atoms with E-state index in [2.05, 4.69) is 198 Å². The molecule has 0 radical (unpaired) electrons. The molecule has 0 fully saturated rings. The van der Waals surface area contributed by atoms with Crippen LogP contribution in [0.2, 0.25) is 0 Å². The quantitative estimate of drug-likeness (QED) is 0.177. The Kier molecular flexibility index (Phi) is 7.89. The van der Waals surface area contributed by atoms with Gasteiger partial charge in [0.05, 0.1) is 21.3 Å². The van der Waals surface area contributed by atoms with Crippen LogP contribution in [0.3, 0.4) is 0 Å². The van der Waals surface area contributed by atoms with Crippen LogP contribution < -0.4 is 4.90 Å². The van der Waals surface area contributed by atoms with Crippen molar-refractivity contribution in [2.75, 3.05) is 11.4 Å². The second-order valence-corrected chi connectivity index (χ2v) is 14.7. The summed E-state index contributed by atoms with van der Waals surface area (Å²) in [6.07, 6.45) is 8.53. The number of hydrogen-bond acceptors (Lipinski definition) is 3. The number of fused-ring (bicyclic) bond motifs is 5. The molecule has 0 saturated heterocycles. The minimum absolute atomic E-state index is 0.744. The minimum Gasteiger partial charge on any atom is -0.337 e. The van der Waals surface area contributed by atoms with Gasteiger partial charge in [-0.2, -0.15) is 0 Å². The molecular formula is C50H35N3S. The molecule has 9 aromatic rings. The van der Waals surface area contributed by atoms with Crippen LogP contribution in [0.5, 0.6) is 0 Å². The monoisotopic (exact) mass is 709 g/mol. The number of allylic oxidation sites excluding steroid dienone is 4. The predicted octanol–water partition coefficient (Wildman–Crippen LogP) is 13.7. The highest BCUT2D eigenvalue weighted by Crippen LogP contribution is 2.40. The summed E-state index contributed by atoms with van der Waals surface area (Å²) in [5.74, 6) is 0. The van der Waals surface area contributed by atoms with Crippen LogP contribution in [-0.4, -0.2) is 16.1 Å². The van der Waals surface area contributed by atoms with Gasteiger partial charge in [0.15, 0.2) is 0 Å². The van der Waals surface area contributed by atoms with E-state index in [1.807, 2.05) is 6.07 Å². The third-order valence-electron chi connectivity index (χ3n) is 10.4. The van der Waals surface area contributed by atoms with Crippen molar-refractivity contribution in [3.8, 4) is 38.5 Å². The van der Waals surface area contributed by atoms with Crippen LogP contribution in [0, 0.1) is 0 Å². The topological polar surface area (TPSA) is 21.1 Å². The maximum atomic E-state index is 4.96. The van der Waals surface area contributed by atoms with Crippen molar-refractivity contribution in [1.82, 2.24) is 9.55 Å². The van der Waals surface area contributed by atoms with Gasteiger partial charge in [0.25, 0.3) is 0 Å². The average Bonchev–Trinajstić information content (AvgIpc) is 3.83. The van der Waals surface area contributed by atoms with Crippen LogP contribution in [0.15, 0.2) is 195 Å². The summed E-state index contributed by atoms with van der Waals surface area (Å²) in [5.41, 5.74) is 14.7. The van der Waals surface area contributed by atoms with Gasteiger partial charge in [-0.25, -0.2) is 4.98 Å². The van der Waals surface area contributed by atoms with Crippen molar-refractivity contribution in [2.45, 2.75) is 0 Å². The highest BCUT2D eigenvalue weighted by molar-refractivity contribution is 7.21. The molecule has 1 aliphatic heterocycles. The van der Waals surface area contributed by atoms with Crippen molar-refractivity contribution in [2.24, 2.45) is 0 Å². The first-order valence-corrected chi connectivity index (χ1v) is 19.1. The molecule has 256 valence electrons. The number of rotatable bonds is 5. The van der Waals surface area contributed by atoms with E-state index in [0.29, 0.717) is 0 Å². The van der Waals surface area contributed by atoms with Crippen molar-refractivity contribution >= 4 is 60.3 Å². The molecule has 0 amide bonds. The lowest BCUT2D eigenvalue weighted by Gasteiger charge is -2.27. The van der Waals surface area contributed by atoms with E-state index in [0.717, 1.165) is 56.4 Å². The second-order valence-electron chi connectivity index (χ2n) is 13.7. The highest BCUT2D eigenvalue weighted by atomic mass is 32.1. The summed E-state index contributed by atoms with van der Waals surface area (Å²) in [7, 11) is 0. The molecule has 3 heterocycles. The molecule has 0 atom stereocenters. The number of para-hydroxylation sites is 2. The molecule has 0 spiro atoms. The number of anilines is 2. The molecule has 10 rings (SSSR count). The van der Waals surface area contributed by atoms with Gasteiger partial charge in [-0.05, 0) is 94.6 Å². The van der Waals surface area contributed by atoms with Crippen LogP contribution in [0.4, 0.5) is 11.4 Å². The van der Waals surface area contributed by atoms with E-state index in [9.17, 15) is 0 Å². The fourth-order valence-electron chi connectivity index (χ4n) is 7.75. The largest absolute Gasteiger partial charge is 0.337 e. The fourth-order valence-corrected chi connectivity index (χ4v) is 8.71. The van der Waals surface area contributed by atoms with Gasteiger partial charge in [-0.1, -0.05) is 128 Å². The number of thiazole rings is 1. The Morgan fingerprint density at radius 2 is 1.24 bits per heavy atom. The summed E-state index contributed by atoms with van der Waals surface area (Å²) in [6, 6.07) is 59.0. The van der Waals surface area contributed by atoms with Gasteiger partial charge in [-0.15, -0.1) is 11.3 Å². The fraction of sp³-hybridized carbons (Fsp3) is 0.0200. The summed E-state index contributed by atoms with van der Waals surface area (Å²) in [5, 5.41) is 3.48. The zero-order chi connectivity index (χ0) is 36.0. The van der Waals surface area contributed by atoms with Crippen molar-refractivity contribution < 1.29 is 0 Å². The number of benzene rings is 7. The molecule has 0 N–H and O–H groups in total. The second kappa shape index (κ2) is 13.3. The molecular weight excluding hydrogens is 675 g/mol. The third kappa shape index (κ3) is 5.65. The van der Waals surface area contributed by atoms with E-state index in [1.165, 1.54) is 43.2 Å². The van der Waals surface area contributed by atoms with E-state index >= 15 is 0 Å². The van der Waals surface area contributed by atoms with Crippen molar-refractivity contribution in [3.05, 3.63) is 200 Å². The van der Waals surface area contributed by atoms with Gasteiger partial charge < -0.3 is 9.47 Å². The lowest BCUT2D eigenvalue weighted by atomic mass is 9.96. The van der Waals surface area contributed by atoms with Gasteiger partial charge in [0, 0.05) is 45.5 Å². The lowest BCUT2D eigenvalue weighted by molar-refractivity contribution is 1.09. The van der Waals surface area contributed by atoms with E-state index in [1.54, 1.807) is 11.3 Å². The summed E-state index contributed by atoms with van der Waals surface area (Å²) < 4.78 is 3.59. The normalized spacial score (nSPS) is 14.1. The van der Waals surface area contributed by atoms with E-state index < -0.39 is 0 Å². The molecule has 4 heteroatoms. The van der Waals surface area contributed by atoms with Crippen LogP contribution >= 0.6 is 11.3 Å². The van der Waals surface area contributed by atoms with Gasteiger partial charge in [0.2, 0.25) is 0 Å². The molecule has 0 saturated carbocycles. The van der Waals surface area contributed by atoms with Gasteiger partial charge in [0.1, 0.15) is 5.01 Å². The Morgan fingerprint density at radius 3 is 2.15 bits per heavy atom. The maximum Gasteiger partial charge on any atom is 0.124 e. The first kappa shape index (κ1) is 31.9. The standard InChI is InChI=1S/C50H35N3S/c1-34-14-4-3-11-29-52(40-19-12-17-36(30-40)35-15-5-2-6-16-35)46-27-25-37(32-43(34)46)38-26-28-48-44(33-38)42-21-7-9-23-47(42)53(48)41-20-13-18-39(31-41)50-51-45-22-8-10-24-49(45)54-50/h2-28,30-33H,1,29H2/b11-3-,14-4-. The highest BCUT2D eigenvalue weighted by Gasteiger charge is 2.19. The minimum atomic E-state index is 0.744. The first-order chi connectivity index (χ1) is 26.7. The Bertz CT molecular complexity index is 2910. The van der Waals surface area contributed by atoms with E-state index in [4.69, 9.17) is 4.98 Å². The molecule has 1 aliphatic rings. The molecule has 7 aromatic carbocycles. The van der Waals surface area contributed by atoms with Gasteiger partial charge >= 0.3 is 0 Å². The lowest BCUT2D eigenvalue weighted by Crippen LogP contribution is -2.18. The zero-order valence-corrected chi connectivity index (χ0v) is 30.4. The van der Waals surface area contributed by atoms with Crippen LogP contribution in [0.1, 0.15) is 5.56 Å². The molecule has 54 heavy (non-hydrogen) atoms. The van der Waals surface area contributed by atoms with E-state index in [-0.39, 0.29) is 0 Å². The number of nitrogens with zero attached hydrogens (tertiary/aromatic N) is 3. The maximum absolute atomic E-state index is 4.96. The smallest absolute Gasteiger partial charge is 0.124 e. The Labute approximate surface area is 318 Å². The Balaban J connectivity index is 1.07. The average molecular weight is 710 g/mol. The zero-order valence-electron chi connectivity index (χ0n) is 29.6. The van der Waals surface area contributed by atoms with Crippen LogP contribution in [-0.2, 0) is 0 Å². The summed E-state index contributed by atoms with van der Waals surface area (Å²) >= 11 is 1.74. The third-order valence-corrected chi connectivity index (χ3v) is 11.5.